The summed E-state index contributed by atoms with van der Waals surface area (Å²) in [5.41, 5.74) is 5.74. The van der Waals surface area contributed by atoms with Gasteiger partial charge in [0.2, 0.25) is 0 Å². The van der Waals surface area contributed by atoms with E-state index in [9.17, 15) is 9.90 Å². The van der Waals surface area contributed by atoms with Crippen molar-refractivity contribution in [1.29, 1.82) is 0 Å². The fourth-order valence-electron chi connectivity index (χ4n) is 4.39. The predicted molar refractivity (Wildman–Crippen MR) is 139 cm³/mol. The van der Waals surface area contributed by atoms with Crippen LogP contribution in [0, 0.1) is 0 Å². The van der Waals surface area contributed by atoms with Crippen LogP contribution < -0.4 is 11.3 Å². The molecule has 1 saturated heterocycles. The lowest BCUT2D eigenvalue weighted by Crippen LogP contribution is -2.47. The molecule has 1 heterocycles. The maximum atomic E-state index is 11.5. The second kappa shape index (κ2) is 13.6. The van der Waals surface area contributed by atoms with Gasteiger partial charge in [-0.2, -0.15) is 0 Å². The highest BCUT2D eigenvalue weighted by Gasteiger charge is 2.26. The first-order valence-corrected chi connectivity index (χ1v) is 12.2. The number of aliphatic imine (C=N–C) groups is 1. The van der Waals surface area contributed by atoms with Gasteiger partial charge in [-0.3, -0.25) is 19.6 Å². The molecule has 1 aliphatic rings. The quantitative estimate of drug-likeness (QED) is 0.0866. The zero-order valence-corrected chi connectivity index (χ0v) is 20.5. The van der Waals surface area contributed by atoms with E-state index in [0.717, 1.165) is 49.4 Å². The standard InChI is InChI=1S/C27H37N5O3/c1-3-15-31-16-18-32(19-17-31)26(23-7-5-8-24(33)20-23)21-10-12-22(13-11-21)27(30-28)29-14-6-9-25(34)35-4-2/h3,5,7-8,10-13,20,26,33H,1,4,6,9,14-19,28H2,2H3,(H,29,30). The zero-order valence-electron chi connectivity index (χ0n) is 20.5. The molecule has 1 fully saturated rings. The number of amidine groups is 1. The summed E-state index contributed by atoms with van der Waals surface area (Å²) < 4.78 is 4.95. The van der Waals surface area contributed by atoms with Gasteiger partial charge in [0.05, 0.1) is 12.6 Å². The number of hydrogen-bond donors (Lipinski definition) is 3. The lowest BCUT2D eigenvalue weighted by molar-refractivity contribution is -0.143. The Bertz CT molecular complexity index is 985. The smallest absolute Gasteiger partial charge is 0.305 e. The lowest BCUT2D eigenvalue weighted by atomic mass is 9.95. The van der Waals surface area contributed by atoms with E-state index in [1.807, 2.05) is 30.3 Å². The van der Waals surface area contributed by atoms with Gasteiger partial charge in [0.25, 0.3) is 0 Å². The summed E-state index contributed by atoms with van der Waals surface area (Å²) in [6, 6.07) is 15.7. The van der Waals surface area contributed by atoms with E-state index >= 15 is 0 Å². The van der Waals surface area contributed by atoms with Gasteiger partial charge in [-0.15, -0.1) is 6.58 Å². The number of nitrogens with zero attached hydrogens (tertiary/aromatic N) is 3. The number of phenols is 1. The fourth-order valence-corrected chi connectivity index (χ4v) is 4.39. The highest BCUT2D eigenvalue weighted by Crippen LogP contribution is 2.31. The number of carbonyl (C=O) groups is 1. The molecule has 8 nitrogen and oxygen atoms in total. The zero-order chi connectivity index (χ0) is 25.0. The number of nitrogens with two attached hydrogens (primary N) is 1. The van der Waals surface area contributed by atoms with Crippen LogP contribution in [-0.2, 0) is 9.53 Å². The third-order valence-corrected chi connectivity index (χ3v) is 6.10. The van der Waals surface area contributed by atoms with Gasteiger partial charge in [-0.05, 0) is 36.6 Å². The molecular weight excluding hydrogens is 442 g/mol. The monoisotopic (exact) mass is 479 g/mol. The summed E-state index contributed by atoms with van der Waals surface area (Å²) in [6.45, 7) is 11.2. The summed E-state index contributed by atoms with van der Waals surface area (Å²) in [7, 11) is 0. The summed E-state index contributed by atoms with van der Waals surface area (Å²) in [5.74, 6) is 6.36. The van der Waals surface area contributed by atoms with Crippen LogP contribution in [-0.4, -0.2) is 72.6 Å². The van der Waals surface area contributed by atoms with Crippen LogP contribution in [0.4, 0.5) is 0 Å². The Balaban J connectivity index is 1.76. The van der Waals surface area contributed by atoms with Crippen LogP contribution in [0.15, 0.2) is 66.2 Å². The predicted octanol–water partition coefficient (Wildman–Crippen LogP) is 2.84. The highest BCUT2D eigenvalue weighted by atomic mass is 16.5. The van der Waals surface area contributed by atoms with Crippen LogP contribution in [0.25, 0.3) is 0 Å². The highest BCUT2D eigenvalue weighted by molar-refractivity contribution is 5.98. The molecule has 35 heavy (non-hydrogen) atoms. The number of hydrogen-bond acceptors (Lipinski definition) is 7. The van der Waals surface area contributed by atoms with Crippen LogP contribution in [0.3, 0.4) is 0 Å². The van der Waals surface area contributed by atoms with Gasteiger partial charge >= 0.3 is 5.97 Å². The first kappa shape index (κ1) is 26.4. The molecular formula is C27H37N5O3. The Morgan fingerprint density at radius 3 is 2.57 bits per heavy atom. The number of aromatic hydroxyl groups is 1. The molecule has 0 bridgehead atoms. The molecule has 0 amide bonds. The molecule has 0 saturated carbocycles. The number of rotatable bonds is 11. The number of nitrogens with one attached hydrogen (secondary N) is 1. The van der Waals surface area contributed by atoms with Crippen LogP contribution in [0.2, 0.25) is 0 Å². The molecule has 4 N–H and O–H groups in total. The molecule has 188 valence electrons. The van der Waals surface area contributed by atoms with E-state index in [-0.39, 0.29) is 17.8 Å². The molecule has 0 aliphatic carbocycles. The summed E-state index contributed by atoms with van der Waals surface area (Å²) in [4.78, 5) is 20.9. The van der Waals surface area contributed by atoms with Crippen LogP contribution in [0.5, 0.6) is 5.75 Å². The second-order valence-corrected chi connectivity index (χ2v) is 8.53. The van der Waals surface area contributed by atoms with E-state index in [0.29, 0.717) is 31.8 Å². The number of benzene rings is 2. The maximum absolute atomic E-state index is 11.5. The Morgan fingerprint density at radius 1 is 1.20 bits per heavy atom. The Labute approximate surface area is 208 Å². The van der Waals surface area contributed by atoms with Crippen molar-refractivity contribution >= 4 is 11.8 Å². The van der Waals surface area contributed by atoms with Gasteiger partial charge in [0.15, 0.2) is 0 Å². The van der Waals surface area contributed by atoms with Crippen molar-refractivity contribution in [2.75, 3.05) is 45.9 Å². The average molecular weight is 480 g/mol. The second-order valence-electron chi connectivity index (χ2n) is 8.53. The summed E-state index contributed by atoms with van der Waals surface area (Å²) >= 11 is 0. The summed E-state index contributed by atoms with van der Waals surface area (Å²) in [5, 5.41) is 10.1. The first-order chi connectivity index (χ1) is 17.0. The number of carbonyl (C=O) groups excluding carboxylic acids is 1. The van der Waals surface area contributed by atoms with Crippen molar-refractivity contribution in [3.63, 3.8) is 0 Å². The van der Waals surface area contributed by atoms with E-state index in [4.69, 9.17) is 10.6 Å². The molecule has 1 unspecified atom stereocenters. The fraction of sp³-hybridized carbons (Fsp3) is 0.407. The number of ether oxygens (including phenoxy) is 1. The molecule has 8 heteroatoms. The summed E-state index contributed by atoms with van der Waals surface area (Å²) in [6.07, 6.45) is 2.88. The minimum atomic E-state index is -0.211. The minimum absolute atomic E-state index is 0.0258. The molecule has 3 rings (SSSR count). The van der Waals surface area contributed by atoms with Gasteiger partial charge < -0.3 is 15.3 Å². The molecule has 1 atom stereocenters. The molecule has 0 radical (unpaired) electrons. The van der Waals surface area contributed by atoms with Crippen molar-refractivity contribution in [2.45, 2.75) is 25.8 Å². The minimum Gasteiger partial charge on any atom is -0.508 e. The van der Waals surface area contributed by atoms with Crippen molar-refractivity contribution < 1.29 is 14.6 Å². The van der Waals surface area contributed by atoms with Crippen molar-refractivity contribution in [3.05, 3.63) is 77.9 Å². The molecule has 2 aromatic carbocycles. The van der Waals surface area contributed by atoms with Crippen molar-refractivity contribution in [2.24, 2.45) is 10.8 Å². The normalized spacial score (nSPS) is 16.0. The largest absolute Gasteiger partial charge is 0.508 e. The molecule has 2 aromatic rings. The lowest BCUT2D eigenvalue weighted by Gasteiger charge is -2.39. The molecule has 0 aromatic heterocycles. The molecule has 1 aliphatic heterocycles. The maximum Gasteiger partial charge on any atom is 0.305 e. The Kier molecular flexibility index (Phi) is 10.3. The van der Waals surface area contributed by atoms with Gasteiger partial charge in [0.1, 0.15) is 11.6 Å². The first-order valence-electron chi connectivity index (χ1n) is 12.2. The van der Waals surface area contributed by atoms with Crippen LogP contribution >= 0.6 is 0 Å². The van der Waals surface area contributed by atoms with E-state index in [1.165, 1.54) is 0 Å². The molecule has 0 spiro atoms. The third kappa shape index (κ3) is 7.65. The third-order valence-electron chi connectivity index (χ3n) is 6.10. The Morgan fingerprint density at radius 2 is 1.94 bits per heavy atom. The number of phenolic OH excluding ortho intramolecular Hbond substituents is 1. The number of hydrazine groups is 1. The van der Waals surface area contributed by atoms with Crippen molar-refractivity contribution in [3.8, 4) is 5.75 Å². The SMILES string of the molecule is C=CCN1CCN(C(c2ccc(C(=NCCCC(=O)OCC)NN)cc2)c2cccc(O)c2)CC1. The number of esters is 1. The number of piperazine rings is 1. The van der Waals surface area contributed by atoms with E-state index < -0.39 is 0 Å². The van der Waals surface area contributed by atoms with Gasteiger partial charge in [-0.25, -0.2) is 5.84 Å². The van der Waals surface area contributed by atoms with Gasteiger partial charge in [0, 0.05) is 51.3 Å². The average Bonchev–Trinajstić information content (AvgIpc) is 2.86. The van der Waals surface area contributed by atoms with Crippen molar-refractivity contribution in [1.82, 2.24) is 15.2 Å². The Hall–Kier alpha value is -3.20. The van der Waals surface area contributed by atoms with Crippen LogP contribution in [0.1, 0.15) is 42.5 Å². The van der Waals surface area contributed by atoms with E-state index in [2.05, 4.69) is 45.0 Å². The topological polar surface area (TPSA) is 103 Å². The van der Waals surface area contributed by atoms with E-state index in [1.54, 1.807) is 13.0 Å². The van der Waals surface area contributed by atoms with Gasteiger partial charge in [-0.1, -0.05) is 42.5 Å².